The van der Waals surface area contributed by atoms with Crippen LogP contribution in [0.15, 0.2) is 173 Å². The van der Waals surface area contributed by atoms with E-state index in [1.165, 1.54) is 10.8 Å². The lowest BCUT2D eigenvalue weighted by Crippen LogP contribution is -2.33. The van der Waals surface area contributed by atoms with Gasteiger partial charge in [-0.3, -0.25) is 9.56 Å². The first-order chi connectivity index (χ1) is 24.3. The zero-order valence-electron chi connectivity index (χ0n) is 26.3. The van der Waals surface area contributed by atoms with E-state index < -0.39 is 0 Å². The fourth-order valence-corrected chi connectivity index (χ4v) is 8.05. The molecule has 1 atom stereocenters. The highest BCUT2D eigenvalue weighted by molar-refractivity contribution is 6.39. The first-order valence-electron chi connectivity index (χ1n) is 16.7. The molecule has 6 aromatic carbocycles. The SMILES string of the molecule is C1=CC2NC(n3c4ccccc4c4c5oc6ccccc6c5c5c6ccccc6n(-c6ccccc6)c5c43)=CC=C2N=C1c1ccccc1. The second-order valence-corrected chi connectivity index (χ2v) is 12.8. The Morgan fingerprint density at radius 3 is 2.00 bits per heavy atom. The second kappa shape index (κ2) is 9.96. The lowest BCUT2D eigenvalue weighted by atomic mass is 10.0. The van der Waals surface area contributed by atoms with E-state index >= 15 is 0 Å². The van der Waals surface area contributed by atoms with Gasteiger partial charge < -0.3 is 14.3 Å². The number of fused-ring (bicyclic) bond motifs is 13. The van der Waals surface area contributed by atoms with Gasteiger partial charge in [-0.2, -0.15) is 0 Å². The number of rotatable bonds is 3. The molecule has 0 bridgehead atoms. The maximum Gasteiger partial charge on any atom is 0.146 e. The monoisotopic (exact) mass is 628 g/mol. The van der Waals surface area contributed by atoms with Crippen LogP contribution in [0.2, 0.25) is 0 Å². The molecule has 0 saturated carbocycles. The van der Waals surface area contributed by atoms with Crippen molar-refractivity contribution in [3.8, 4) is 5.69 Å². The largest absolute Gasteiger partial charge is 0.455 e. The third-order valence-corrected chi connectivity index (χ3v) is 10.1. The highest BCUT2D eigenvalue weighted by atomic mass is 16.3. The molecule has 0 amide bonds. The molecule has 3 aromatic heterocycles. The van der Waals surface area contributed by atoms with Gasteiger partial charge in [-0.05, 0) is 48.6 Å². The van der Waals surface area contributed by atoms with Gasteiger partial charge >= 0.3 is 0 Å². The van der Waals surface area contributed by atoms with Crippen LogP contribution < -0.4 is 5.32 Å². The van der Waals surface area contributed by atoms with Gasteiger partial charge in [0.25, 0.3) is 0 Å². The molecule has 5 nitrogen and oxygen atoms in total. The lowest BCUT2D eigenvalue weighted by Gasteiger charge is -2.27. The van der Waals surface area contributed by atoms with Crippen molar-refractivity contribution in [1.82, 2.24) is 14.5 Å². The molecule has 9 aromatic rings. The molecule has 0 fully saturated rings. The minimum Gasteiger partial charge on any atom is -0.455 e. The minimum absolute atomic E-state index is 0.0610. The summed E-state index contributed by atoms with van der Waals surface area (Å²) in [5, 5.41) is 10.8. The number of hydrogen-bond donors (Lipinski definition) is 1. The van der Waals surface area contributed by atoms with E-state index in [4.69, 9.17) is 9.41 Å². The normalized spacial score (nSPS) is 16.0. The summed E-state index contributed by atoms with van der Waals surface area (Å²) in [4.78, 5) is 5.07. The number of para-hydroxylation sites is 4. The smallest absolute Gasteiger partial charge is 0.146 e. The number of allylic oxidation sites excluding steroid dienone is 3. The van der Waals surface area contributed by atoms with Gasteiger partial charge in [-0.25, -0.2) is 0 Å². The van der Waals surface area contributed by atoms with E-state index in [0.717, 1.165) is 83.3 Å². The predicted molar refractivity (Wildman–Crippen MR) is 202 cm³/mol. The molecule has 230 valence electrons. The molecular formula is C44H28N4O. The molecule has 5 heteroatoms. The van der Waals surface area contributed by atoms with Gasteiger partial charge in [0.2, 0.25) is 0 Å². The zero-order valence-corrected chi connectivity index (χ0v) is 26.3. The Morgan fingerprint density at radius 1 is 0.571 bits per heavy atom. The van der Waals surface area contributed by atoms with Crippen LogP contribution in [0.4, 0.5) is 0 Å². The van der Waals surface area contributed by atoms with Crippen LogP contribution in [-0.2, 0) is 0 Å². The summed E-state index contributed by atoms with van der Waals surface area (Å²) >= 11 is 0. The molecule has 5 heterocycles. The molecule has 2 aliphatic heterocycles. The molecule has 1 N–H and O–H groups in total. The molecule has 49 heavy (non-hydrogen) atoms. The Morgan fingerprint density at radius 2 is 1.20 bits per heavy atom. The number of benzene rings is 6. The van der Waals surface area contributed by atoms with E-state index in [-0.39, 0.29) is 6.04 Å². The quantitative estimate of drug-likeness (QED) is 0.212. The first kappa shape index (κ1) is 26.5. The Labute approximate surface area is 281 Å². The Hall–Kier alpha value is -6.59. The molecule has 0 saturated heterocycles. The highest BCUT2D eigenvalue weighted by Crippen LogP contribution is 2.49. The molecule has 2 aliphatic rings. The molecule has 0 radical (unpaired) electrons. The molecule has 0 aliphatic carbocycles. The number of aliphatic imine (C=N–C) groups is 1. The van der Waals surface area contributed by atoms with E-state index in [1.807, 2.05) is 6.07 Å². The van der Waals surface area contributed by atoms with Crippen LogP contribution in [0.5, 0.6) is 0 Å². The number of aromatic nitrogens is 2. The van der Waals surface area contributed by atoms with Crippen molar-refractivity contribution >= 4 is 77.1 Å². The fourth-order valence-electron chi connectivity index (χ4n) is 8.05. The summed E-state index contributed by atoms with van der Waals surface area (Å²) in [6.45, 7) is 0. The number of furan rings is 1. The van der Waals surface area contributed by atoms with E-state index in [2.05, 4.69) is 166 Å². The van der Waals surface area contributed by atoms with Crippen molar-refractivity contribution in [1.29, 1.82) is 0 Å². The predicted octanol–water partition coefficient (Wildman–Crippen LogP) is 10.5. The van der Waals surface area contributed by atoms with Crippen LogP contribution in [0.25, 0.3) is 77.1 Å². The molecule has 11 rings (SSSR count). The van der Waals surface area contributed by atoms with Crippen molar-refractivity contribution in [3.63, 3.8) is 0 Å². The third kappa shape index (κ3) is 3.67. The summed E-state index contributed by atoms with van der Waals surface area (Å²) in [5.74, 6) is 0.990. The van der Waals surface area contributed by atoms with Gasteiger partial charge in [0.15, 0.2) is 0 Å². The molecule has 1 unspecified atom stereocenters. The lowest BCUT2D eigenvalue weighted by molar-refractivity contribution is 0.673. The number of dihydropyridines is 2. The molecule has 0 spiro atoms. The maximum absolute atomic E-state index is 6.88. The average molecular weight is 629 g/mol. The van der Waals surface area contributed by atoms with Crippen LogP contribution in [0.3, 0.4) is 0 Å². The third-order valence-electron chi connectivity index (χ3n) is 10.1. The van der Waals surface area contributed by atoms with Gasteiger partial charge in [0, 0.05) is 38.2 Å². The zero-order chi connectivity index (χ0) is 32.1. The van der Waals surface area contributed by atoms with Crippen molar-refractivity contribution < 1.29 is 4.42 Å². The van der Waals surface area contributed by atoms with Crippen molar-refractivity contribution in [2.45, 2.75) is 6.04 Å². The van der Waals surface area contributed by atoms with E-state index in [0.29, 0.717) is 0 Å². The number of nitrogens with zero attached hydrogens (tertiary/aromatic N) is 3. The van der Waals surface area contributed by atoms with Gasteiger partial charge in [0.1, 0.15) is 17.0 Å². The van der Waals surface area contributed by atoms with Gasteiger partial charge in [-0.15, -0.1) is 0 Å². The van der Waals surface area contributed by atoms with Crippen LogP contribution in [0.1, 0.15) is 5.56 Å². The van der Waals surface area contributed by atoms with E-state index in [1.54, 1.807) is 0 Å². The van der Waals surface area contributed by atoms with Crippen LogP contribution in [0, 0.1) is 0 Å². The highest BCUT2D eigenvalue weighted by Gasteiger charge is 2.29. The second-order valence-electron chi connectivity index (χ2n) is 12.8. The summed E-state index contributed by atoms with van der Waals surface area (Å²) in [7, 11) is 0. The standard InChI is InChI=1S/C44H28N4O/c1-3-13-27(14-4-1)32-23-24-34-33(45-32)25-26-38(46-34)48-36-21-11-8-18-30(36)41-43(48)42-39(40-31-19-9-12-22-37(31)49-44(40)41)29-17-7-10-20-35(29)47(42)28-15-5-2-6-16-28/h1-26,34,46H. The van der Waals surface area contributed by atoms with Gasteiger partial charge in [0.05, 0.1) is 44.9 Å². The van der Waals surface area contributed by atoms with Crippen molar-refractivity contribution in [2.75, 3.05) is 0 Å². The summed E-state index contributed by atoms with van der Waals surface area (Å²) in [6.07, 6.45) is 8.68. The fraction of sp³-hybridized carbons (Fsp3) is 0.0227. The summed E-state index contributed by atoms with van der Waals surface area (Å²) in [5.41, 5.74) is 10.5. The number of nitrogens with one attached hydrogen (secondary N) is 1. The van der Waals surface area contributed by atoms with E-state index in [9.17, 15) is 0 Å². The minimum atomic E-state index is -0.0610. The summed E-state index contributed by atoms with van der Waals surface area (Å²) in [6, 6.07) is 46.9. The topological polar surface area (TPSA) is 47.4 Å². The summed E-state index contributed by atoms with van der Waals surface area (Å²) < 4.78 is 11.7. The maximum atomic E-state index is 6.88. The average Bonchev–Trinajstić information content (AvgIpc) is 3.83. The Balaban J connectivity index is 1.31. The van der Waals surface area contributed by atoms with Crippen molar-refractivity contribution in [3.05, 3.63) is 169 Å². The van der Waals surface area contributed by atoms with Crippen LogP contribution >= 0.6 is 0 Å². The molecular weight excluding hydrogens is 601 g/mol. The number of hydrogen-bond acceptors (Lipinski definition) is 3. The first-order valence-corrected chi connectivity index (χ1v) is 16.7. The Kier molecular flexibility index (Phi) is 5.38. The Bertz CT molecular complexity index is 2950. The van der Waals surface area contributed by atoms with Crippen molar-refractivity contribution in [2.24, 2.45) is 4.99 Å². The van der Waals surface area contributed by atoms with Crippen LogP contribution in [-0.4, -0.2) is 20.9 Å². The van der Waals surface area contributed by atoms with Gasteiger partial charge in [-0.1, -0.05) is 109 Å².